The van der Waals surface area contributed by atoms with E-state index < -0.39 is 0 Å². The predicted molar refractivity (Wildman–Crippen MR) is 53.6 cm³/mol. The molecule has 0 rings (SSSR count). The van der Waals surface area contributed by atoms with Crippen LogP contribution < -0.4 is 0 Å². The monoisotopic (exact) mass is 196 g/mol. The van der Waals surface area contributed by atoms with Crippen molar-refractivity contribution >= 4 is 12.2 Å². The Morgan fingerprint density at radius 2 is 1.86 bits per heavy atom. The zero-order chi connectivity index (χ0) is 10.6. The summed E-state index contributed by atoms with van der Waals surface area (Å²) in [6.07, 6.45) is 7.09. The van der Waals surface area contributed by atoms with Gasteiger partial charge in [-0.2, -0.15) is 0 Å². The van der Waals surface area contributed by atoms with Crippen LogP contribution in [0.1, 0.15) is 32.6 Å². The van der Waals surface area contributed by atoms with Gasteiger partial charge in [0, 0.05) is 0 Å². The topological polar surface area (TPSA) is 58.9 Å². The Balaban J connectivity index is 3.82. The molecule has 0 aromatic heterocycles. The van der Waals surface area contributed by atoms with Crippen molar-refractivity contribution < 1.29 is 9.59 Å². The average molecular weight is 196 g/mol. The maximum absolute atomic E-state index is 9.94. The summed E-state index contributed by atoms with van der Waals surface area (Å²) < 4.78 is 0. The van der Waals surface area contributed by atoms with Gasteiger partial charge in [-0.1, -0.05) is 19.8 Å². The van der Waals surface area contributed by atoms with Crippen LogP contribution in [-0.2, 0) is 9.59 Å². The maximum Gasteiger partial charge on any atom is 0.234 e. The molecule has 0 aromatic rings. The van der Waals surface area contributed by atoms with Gasteiger partial charge in [0.2, 0.25) is 12.2 Å². The molecule has 1 atom stereocenters. The van der Waals surface area contributed by atoms with Crippen molar-refractivity contribution in [2.75, 3.05) is 13.1 Å². The van der Waals surface area contributed by atoms with Gasteiger partial charge in [-0.05, 0) is 18.8 Å². The summed E-state index contributed by atoms with van der Waals surface area (Å²) in [6, 6.07) is 0. The quantitative estimate of drug-likeness (QED) is 0.439. The van der Waals surface area contributed by atoms with Crippen molar-refractivity contribution in [1.29, 1.82) is 0 Å². The molecule has 14 heavy (non-hydrogen) atoms. The normalized spacial score (nSPS) is 11.2. The van der Waals surface area contributed by atoms with Gasteiger partial charge in [-0.15, -0.1) is 0 Å². The lowest BCUT2D eigenvalue weighted by Crippen LogP contribution is -2.06. The fraction of sp³-hybridized carbons (Fsp3) is 0.800. The number of rotatable bonds is 8. The molecule has 0 heterocycles. The number of aliphatic imine (C=N–C) groups is 2. The molecule has 0 radical (unpaired) electrons. The molecule has 78 valence electrons. The van der Waals surface area contributed by atoms with Crippen LogP contribution in [0.25, 0.3) is 0 Å². The van der Waals surface area contributed by atoms with Gasteiger partial charge in [-0.25, -0.2) is 19.6 Å². The van der Waals surface area contributed by atoms with E-state index >= 15 is 0 Å². The van der Waals surface area contributed by atoms with E-state index in [-0.39, 0.29) is 0 Å². The van der Waals surface area contributed by atoms with E-state index in [4.69, 9.17) is 0 Å². The number of isocyanates is 2. The molecule has 4 nitrogen and oxygen atoms in total. The summed E-state index contributed by atoms with van der Waals surface area (Å²) in [7, 11) is 0. The van der Waals surface area contributed by atoms with Gasteiger partial charge in [-0.3, -0.25) is 0 Å². The fourth-order valence-electron chi connectivity index (χ4n) is 1.28. The van der Waals surface area contributed by atoms with E-state index in [9.17, 15) is 9.59 Å². The zero-order valence-electron chi connectivity index (χ0n) is 8.53. The third kappa shape index (κ3) is 7.41. The maximum atomic E-state index is 9.94. The van der Waals surface area contributed by atoms with E-state index in [1.54, 1.807) is 0 Å². The summed E-state index contributed by atoms with van der Waals surface area (Å²) in [5.41, 5.74) is 0. The Hall–Kier alpha value is -1.24. The minimum atomic E-state index is 0.341. The molecule has 0 aliphatic carbocycles. The van der Waals surface area contributed by atoms with Crippen molar-refractivity contribution in [3.8, 4) is 0 Å². The highest BCUT2D eigenvalue weighted by molar-refractivity contribution is 5.33. The molecule has 0 N–H and O–H groups in total. The molecule has 1 unspecified atom stereocenters. The fourth-order valence-corrected chi connectivity index (χ4v) is 1.28. The molecule has 0 aliphatic rings. The Morgan fingerprint density at radius 1 is 1.14 bits per heavy atom. The van der Waals surface area contributed by atoms with Crippen LogP contribution in [0.4, 0.5) is 0 Å². The molecule has 0 fully saturated rings. The Bertz CT molecular complexity index is 228. The lowest BCUT2D eigenvalue weighted by molar-refractivity contribution is 0.447. The summed E-state index contributed by atoms with van der Waals surface area (Å²) in [4.78, 5) is 26.8. The molecular formula is C10H16N2O2. The predicted octanol–water partition coefficient (Wildman–Crippen LogP) is 1.85. The third-order valence-corrected chi connectivity index (χ3v) is 2.09. The lowest BCUT2D eigenvalue weighted by Gasteiger charge is -2.10. The first-order valence-electron chi connectivity index (χ1n) is 4.92. The number of hydrogen-bond donors (Lipinski definition) is 0. The van der Waals surface area contributed by atoms with Crippen molar-refractivity contribution in [3.63, 3.8) is 0 Å². The number of hydrogen-bond acceptors (Lipinski definition) is 4. The first-order valence-corrected chi connectivity index (χ1v) is 4.92. The summed E-state index contributed by atoms with van der Waals surface area (Å²) in [5.74, 6) is 0.341. The van der Waals surface area contributed by atoms with Crippen LogP contribution in [0.15, 0.2) is 9.98 Å². The van der Waals surface area contributed by atoms with Crippen molar-refractivity contribution in [2.45, 2.75) is 32.6 Å². The minimum Gasteiger partial charge on any atom is -0.211 e. The zero-order valence-corrected chi connectivity index (χ0v) is 8.53. The molecule has 0 aliphatic heterocycles. The third-order valence-electron chi connectivity index (χ3n) is 2.09. The number of nitrogens with zero attached hydrogens (tertiary/aromatic N) is 2. The standard InChI is InChI=1S/C10H16N2O2/c1-2-3-4-10(7-12-9-14)5-6-11-8-13/h10H,2-7H2,1H3. The second-order valence-electron chi connectivity index (χ2n) is 3.20. The van der Waals surface area contributed by atoms with E-state index in [0.29, 0.717) is 19.0 Å². The second-order valence-corrected chi connectivity index (χ2v) is 3.20. The number of unbranched alkanes of at least 4 members (excludes halogenated alkanes) is 1. The van der Waals surface area contributed by atoms with E-state index in [2.05, 4.69) is 16.9 Å². The van der Waals surface area contributed by atoms with Crippen LogP contribution in [0.5, 0.6) is 0 Å². The Labute approximate surface area is 84.1 Å². The number of carbonyl (C=O) groups excluding carboxylic acids is 2. The Kier molecular flexibility index (Phi) is 8.97. The van der Waals surface area contributed by atoms with E-state index in [1.807, 2.05) is 0 Å². The van der Waals surface area contributed by atoms with Gasteiger partial charge in [0.1, 0.15) is 0 Å². The van der Waals surface area contributed by atoms with Crippen LogP contribution in [0.2, 0.25) is 0 Å². The van der Waals surface area contributed by atoms with Gasteiger partial charge >= 0.3 is 0 Å². The first-order chi connectivity index (χ1) is 6.85. The van der Waals surface area contributed by atoms with Gasteiger partial charge in [0.05, 0.1) is 13.1 Å². The van der Waals surface area contributed by atoms with Crippen LogP contribution in [0, 0.1) is 5.92 Å². The van der Waals surface area contributed by atoms with Crippen LogP contribution in [0.3, 0.4) is 0 Å². The van der Waals surface area contributed by atoms with Crippen molar-refractivity contribution in [3.05, 3.63) is 0 Å². The van der Waals surface area contributed by atoms with Crippen molar-refractivity contribution in [2.24, 2.45) is 15.9 Å². The van der Waals surface area contributed by atoms with Crippen molar-refractivity contribution in [1.82, 2.24) is 0 Å². The highest BCUT2D eigenvalue weighted by Gasteiger charge is 2.06. The van der Waals surface area contributed by atoms with Gasteiger partial charge < -0.3 is 0 Å². The highest BCUT2D eigenvalue weighted by Crippen LogP contribution is 2.13. The molecule has 4 heteroatoms. The van der Waals surface area contributed by atoms with Crippen LogP contribution >= 0.6 is 0 Å². The summed E-state index contributed by atoms with van der Waals surface area (Å²) in [6.45, 7) is 3.09. The van der Waals surface area contributed by atoms with E-state index in [1.165, 1.54) is 12.2 Å². The van der Waals surface area contributed by atoms with Gasteiger partial charge in [0.15, 0.2) is 0 Å². The molecule has 0 spiro atoms. The molecule has 0 saturated carbocycles. The molecular weight excluding hydrogens is 180 g/mol. The highest BCUT2D eigenvalue weighted by atomic mass is 16.1. The smallest absolute Gasteiger partial charge is 0.211 e. The first kappa shape index (κ1) is 12.8. The average Bonchev–Trinajstić information content (AvgIpc) is 2.21. The second kappa shape index (κ2) is 9.85. The minimum absolute atomic E-state index is 0.341. The summed E-state index contributed by atoms with van der Waals surface area (Å²) >= 11 is 0. The Morgan fingerprint density at radius 3 is 2.43 bits per heavy atom. The van der Waals surface area contributed by atoms with E-state index in [0.717, 1.165) is 25.7 Å². The summed E-state index contributed by atoms with van der Waals surface area (Å²) in [5, 5.41) is 0. The molecule has 0 bridgehead atoms. The lowest BCUT2D eigenvalue weighted by atomic mass is 9.99. The van der Waals surface area contributed by atoms with Crippen LogP contribution in [-0.4, -0.2) is 25.2 Å². The molecule has 0 saturated heterocycles. The molecule has 0 amide bonds. The van der Waals surface area contributed by atoms with Gasteiger partial charge in [0.25, 0.3) is 0 Å². The SMILES string of the molecule is CCCCC(CCN=C=O)CN=C=O. The molecule has 0 aromatic carbocycles. The largest absolute Gasteiger partial charge is 0.234 e.